The largest absolute Gasteiger partial charge is 0.381 e. The molecule has 20 heavy (non-hydrogen) atoms. The van der Waals surface area contributed by atoms with Gasteiger partial charge < -0.3 is 10.1 Å². The number of nitrogens with zero attached hydrogens (tertiary/aromatic N) is 1. The number of halogens is 1. The van der Waals surface area contributed by atoms with Crippen LogP contribution in [0.3, 0.4) is 0 Å². The molecule has 106 valence electrons. The van der Waals surface area contributed by atoms with E-state index >= 15 is 0 Å². The zero-order valence-electron chi connectivity index (χ0n) is 11.4. The van der Waals surface area contributed by atoms with Crippen molar-refractivity contribution >= 4 is 17.5 Å². The van der Waals surface area contributed by atoms with Gasteiger partial charge in [-0.05, 0) is 31.4 Å². The molecule has 1 aliphatic rings. The molecule has 4 nitrogen and oxygen atoms in total. The average molecular weight is 293 g/mol. The molecule has 1 N–H and O–H groups in total. The van der Waals surface area contributed by atoms with Gasteiger partial charge in [0.25, 0.3) is 0 Å². The number of ether oxygens (including phenoxy) is 1. The predicted octanol–water partition coefficient (Wildman–Crippen LogP) is 2.84. The van der Waals surface area contributed by atoms with Crippen LogP contribution in [0.25, 0.3) is 0 Å². The highest BCUT2D eigenvalue weighted by atomic mass is 35.5. The van der Waals surface area contributed by atoms with Crippen molar-refractivity contribution in [3.8, 4) is 6.07 Å². The topological polar surface area (TPSA) is 62.1 Å². The first-order valence-corrected chi connectivity index (χ1v) is 7.01. The van der Waals surface area contributed by atoms with E-state index < -0.39 is 5.41 Å². The third-order valence-corrected chi connectivity index (χ3v) is 4.06. The molecule has 1 atom stereocenters. The summed E-state index contributed by atoms with van der Waals surface area (Å²) in [6.07, 6.45) is 0.870. The number of carbonyl (C=O) groups is 1. The van der Waals surface area contributed by atoms with Gasteiger partial charge in [-0.1, -0.05) is 29.8 Å². The summed E-state index contributed by atoms with van der Waals surface area (Å²) in [6.45, 7) is 2.76. The normalized spacial score (nSPS) is 18.9. The Morgan fingerprint density at radius 1 is 1.45 bits per heavy atom. The van der Waals surface area contributed by atoms with Crippen molar-refractivity contribution in [2.75, 3.05) is 13.2 Å². The van der Waals surface area contributed by atoms with E-state index in [1.807, 2.05) is 25.1 Å². The second-order valence-corrected chi connectivity index (χ2v) is 5.43. The van der Waals surface area contributed by atoms with Crippen LogP contribution in [-0.2, 0) is 9.53 Å². The van der Waals surface area contributed by atoms with Gasteiger partial charge in [0.2, 0.25) is 5.91 Å². The molecule has 0 bridgehead atoms. The van der Waals surface area contributed by atoms with Gasteiger partial charge in [0, 0.05) is 18.2 Å². The van der Waals surface area contributed by atoms with Gasteiger partial charge in [0.15, 0.2) is 0 Å². The minimum Gasteiger partial charge on any atom is -0.381 e. The Hall–Kier alpha value is -1.57. The summed E-state index contributed by atoms with van der Waals surface area (Å²) in [5.74, 6) is -0.240. The van der Waals surface area contributed by atoms with Crippen molar-refractivity contribution in [3.63, 3.8) is 0 Å². The van der Waals surface area contributed by atoms with Gasteiger partial charge in [-0.15, -0.1) is 0 Å². The highest BCUT2D eigenvalue weighted by molar-refractivity contribution is 6.31. The summed E-state index contributed by atoms with van der Waals surface area (Å²) in [4.78, 5) is 12.4. The number of nitrogens with one attached hydrogen (secondary N) is 1. The Balaban J connectivity index is 2.11. The second kappa shape index (κ2) is 6.25. The van der Waals surface area contributed by atoms with Crippen LogP contribution < -0.4 is 5.32 Å². The van der Waals surface area contributed by atoms with E-state index in [1.54, 1.807) is 6.07 Å². The Bertz CT molecular complexity index is 533. The molecular weight excluding hydrogens is 276 g/mol. The molecule has 1 amide bonds. The lowest BCUT2D eigenvalue weighted by atomic mass is 9.80. The van der Waals surface area contributed by atoms with E-state index in [0.717, 1.165) is 5.56 Å². The fraction of sp³-hybridized carbons (Fsp3) is 0.467. The maximum Gasteiger partial charge on any atom is 0.241 e. The summed E-state index contributed by atoms with van der Waals surface area (Å²) in [7, 11) is 0. The van der Waals surface area contributed by atoms with Crippen molar-refractivity contribution in [2.45, 2.75) is 25.8 Å². The van der Waals surface area contributed by atoms with E-state index in [0.29, 0.717) is 31.1 Å². The SMILES string of the molecule is CC(NC(=O)C1(C#N)CCOCC1)c1ccccc1Cl. The second-order valence-electron chi connectivity index (χ2n) is 5.02. The third kappa shape index (κ3) is 2.95. The fourth-order valence-corrected chi connectivity index (χ4v) is 2.65. The Morgan fingerprint density at radius 2 is 2.10 bits per heavy atom. The van der Waals surface area contributed by atoms with Crippen LogP contribution in [0.4, 0.5) is 0 Å². The Morgan fingerprint density at radius 3 is 2.70 bits per heavy atom. The maximum atomic E-state index is 12.4. The van der Waals surface area contributed by atoms with Crippen LogP contribution in [0.2, 0.25) is 5.02 Å². The molecule has 5 heteroatoms. The van der Waals surface area contributed by atoms with Crippen molar-refractivity contribution in [2.24, 2.45) is 5.41 Å². The molecule has 2 rings (SSSR count). The number of rotatable bonds is 3. The molecule has 1 fully saturated rings. The van der Waals surface area contributed by atoms with E-state index in [2.05, 4.69) is 11.4 Å². The number of benzene rings is 1. The van der Waals surface area contributed by atoms with Gasteiger partial charge in [-0.3, -0.25) is 4.79 Å². The maximum absolute atomic E-state index is 12.4. The first kappa shape index (κ1) is 14.8. The molecule has 0 aliphatic carbocycles. The average Bonchev–Trinajstić information content (AvgIpc) is 2.48. The van der Waals surface area contributed by atoms with Crippen molar-refractivity contribution in [1.82, 2.24) is 5.32 Å². The van der Waals surface area contributed by atoms with Crippen LogP contribution in [0, 0.1) is 16.7 Å². The first-order valence-electron chi connectivity index (χ1n) is 6.63. The Kier molecular flexibility index (Phi) is 4.64. The zero-order chi connectivity index (χ0) is 14.6. The van der Waals surface area contributed by atoms with Gasteiger partial charge >= 0.3 is 0 Å². The zero-order valence-corrected chi connectivity index (χ0v) is 12.1. The summed E-state index contributed by atoms with van der Waals surface area (Å²) < 4.78 is 5.23. The lowest BCUT2D eigenvalue weighted by molar-refractivity contribution is -0.133. The lowest BCUT2D eigenvalue weighted by Crippen LogP contribution is -2.44. The van der Waals surface area contributed by atoms with Gasteiger partial charge in [0.05, 0.1) is 12.1 Å². The fourth-order valence-electron chi connectivity index (χ4n) is 2.35. The first-order chi connectivity index (χ1) is 9.59. The molecule has 1 aromatic rings. The van der Waals surface area contributed by atoms with Crippen LogP contribution in [-0.4, -0.2) is 19.1 Å². The molecule has 1 saturated heterocycles. The minimum atomic E-state index is -0.978. The van der Waals surface area contributed by atoms with Crippen LogP contribution in [0.15, 0.2) is 24.3 Å². The molecule has 0 saturated carbocycles. The highest BCUT2D eigenvalue weighted by Gasteiger charge is 2.41. The highest BCUT2D eigenvalue weighted by Crippen LogP contribution is 2.31. The molecule has 0 radical (unpaired) electrons. The molecule has 1 aromatic carbocycles. The summed E-state index contributed by atoms with van der Waals surface area (Å²) in [6, 6.07) is 9.30. The smallest absolute Gasteiger partial charge is 0.241 e. The van der Waals surface area contributed by atoms with Crippen LogP contribution in [0.5, 0.6) is 0 Å². The monoisotopic (exact) mass is 292 g/mol. The van der Waals surface area contributed by atoms with Crippen molar-refractivity contribution in [1.29, 1.82) is 5.26 Å². The van der Waals surface area contributed by atoms with Gasteiger partial charge in [-0.2, -0.15) is 5.26 Å². The van der Waals surface area contributed by atoms with Crippen LogP contribution >= 0.6 is 11.6 Å². The number of hydrogen-bond acceptors (Lipinski definition) is 3. The van der Waals surface area contributed by atoms with E-state index in [-0.39, 0.29) is 11.9 Å². The summed E-state index contributed by atoms with van der Waals surface area (Å²) >= 11 is 6.12. The minimum absolute atomic E-state index is 0.232. The predicted molar refractivity (Wildman–Crippen MR) is 76.1 cm³/mol. The van der Waals surface area contributed by atoms with E-state index in [9.17, 15) is 10.1 Å². The Labute approximate surface area is 123 Å². The van der Waals surface area contributed by atoms with Crippen LogP contribution in [0.1, 0.15) is 31.4 Å². The van der Waals surface area contributed by atoms with Crippen molar-refractivity contribution < 1.29 is 9.53 Å². The number of nitriles is 1. The van der Waals surface area contributed by atoms with Gasteiger partial charge in [-0.25, -0.2) is 0 Å². The number of carbonyl (C=O) groups excluding carboxylic acids is 1. The number of hydrogen-bond donors (Lipinski definition) is 1. The quantitative estimate of drug-likeness (QED) is 0.932. The standard InChI is InChI=1S/C15H17ClN2O2/c1-11(12-4-2-3-5-13(12)16)18-14(19)15(10-17)6-8-20-9-7-15/h2-5,11H,6-9H2,1H3,(H,18,19). The van der Waals surface area contributed by atoms with Gasteiger partial charge in [0.1, 0.15) is 5.41 Å². The van der Waals surface area contributed by atoms with E-state index in [1.165, 1.54) is 0 Å². The van der Waals surface area contributed by atoms with E-state index in [4.69, 9.17) is 16.3 Å². The van der Waals surface area contributed by atoms with Crippen molar-refractivity contribution in [3.05, 3.63) is 34.9 Å². The summed E-state index contributed by atoms with van der Waals surface area (Å²) in [5.41, 5.74) is -0.129. The molecule has 1 aliphatic heterocycles. The molecule has 1 unspecified atom stereocenters. The molecule has 0 spiro atoms. The molecule has 1 heterocycles. The summed E-state index contributed by atoms with van der Waals surface area (Å²) in [5, 5.41) is 12.9. The number of amides is 1. The molecular formula is C15H17ClN2O2. The molecule has 0 aromatic heterocycles. The lowest BCUT2D eigenvalue weighted by Gasteiger charge is -2.30. The third-order valence-electron chi connectivity index (χ3n) is 3.71.